The first kappa shape index (κ1) is 13.3. The Kier molecular flexibility index (Phi) is 4.60. The van der Waals surface area contributed by atoms with Crippen molar-refractivity contribution in [3.05, 3.63) is 35.9 Å². The third kappa shape index (κ3) is 2.88. The maximum absolute atomic E-state index is 8.00. The monoisotopic (exact) mass is 239 g/mol. The summed E-state index contributed by atoms with van der Waals surface area (Å²) in [5.74, 6) is 0. The van der Waals surface area contributed by atoms with Crippen LogP contribution in [0.15, 0.2) is 30.3 Å². The topological polar surface area (TPSA) is 29.5 Å². The van der Waals surface area contributed by atoms with Gasteiger partial charge in [-0.1, -0.05) is 39.7 Å². The van der Waals surface area contributed by atoms with Crippen LogP contribution in [0.4, 0.5) is 0 Å². The Hall–Kier alpha value is -0.760. The van der Waals surface area contributed by atoms with E-state index in [4.69, 9.17) is 9.53 Å². The van der Waals surface area contributed by atoms with E-state index in [1.807, 2.05) is 12.9 Å². The normalized spacial score (nSPS) is 23.6. The number of ether oxygens (including phenoxy) is 1. The number of carbonyl (C=O) groups is 1. The van der Waals surface area contributed by atoms with Crippen molar-refractivity contribution in [1.82, 2.24) is 4.67 Å². The number of hydrogen-bond donors (Lipinski definition) is 0. The maximum atomic E-state index is 8.00. The Balaban J connectivity index is 0.000000606. The van der Waals surface area contributed by atoms with Gasteiger partial charge >= 0.3 is 0 Å². The molecule has 2 rings (SSSR count). The van der Waals surface area contributed by atoms with Gasteiger partial charge in [-0.05, 0) is 19.4 Å². The van der Waals surface area contributed by atoms with Crippen molar-refractivity contribution < 1.29 is 9.53 Å². The molecule has 0 bridgehead atoms. The lowest BCUT2D eigenvalue weighted by atomic mass is 10.1. The van der Waals surface area contributed by atoms with Crippen molar-refractivity contribution in [2.24, 2.45) is 0 Å². The van der Waals surface area contributed by atoms with Crippen LogP contribution in [-0.4, -0.2) is 23.7 Å². The Morgan fingerprint density at radius 3 is 2.38 bits per heavy atom. The molecule has 1 saturated heterocycles. The molecular weight excluding hydrogens is 221 g/mol. The summed E-state index contributed by atoms with van der Waals surface area (Å²) in [6.45, 7) is 7.10. The van der Waals surface area contributed by atoms with Crippen LogP contribution in [0, 0.1) is 0 Å². The van der Waals surface area contributed by atoms with Crippen molar-refractivity contribution in [1.29, 1.82) is 0 Å². The first-order valence-electron chi connectivity index (χ1n) is 5.13. The second-order valence-electron chi connectivity index (χ2n) is 4.12. The average Bonchev–Trinajstić information content (AvgIpc) is 2.58. The van der Waals surface area contributed by atoms with E-state index in [1.54, 1.807) is 0 Å². The highest BCUT2D eigenvalue weighted by molar-refractivity contribution is 7.13. The van der Waals surface area contributed by atoms with Crippen molar-refractivity contribution in [3.8, 4) is 0 Å². The second-order valence-corrected chi connectivity index (χ2v) is 4.74. The molecule has 16 heavy (non-hydrogen) atoms. The van der Waals surface area contributed by atoms with E-state index >= 15 is 0 Å². The largest absolute Gasteiger partial charge is 0.351 e. The molecule has 0 saturated carbocycles. The van der Waals surface area contributed by atoms with E-state index in [0.29, 0.717) is 0 Å². The standard InChI is InChI=1S/C11H16NOP.CH2O/c1-11(2)12(14)8-10(13-11)9-6-4-3-5-7-9;1-2/h3-7,10H,8,14H2,1-2H3;1H2. The summed E-state index contributed by atoms with van der Waals surface area (Å²) < 4.78 is 8.11. The zero-order chi connectivity index (χ0) is 12.2. The molecule has 1 aromatic rings. The first-order valence-corrected chi connectivity index (χ1v) is 5.65. The Bertz CT molecular complexity index is 329. The Morgan fingerprint density at radius 2 is 1.94 bits per heavy atom. The van der Waals surface area contributed by atoms with Crippen molar-refractivity contribution in [2.45, 2.75) is 25.7 Å². The molecule has 1 aromatic carbocycles. The van der Waals surface area contributed by atoms with Gasteiger partial charge in [0, 0.05) is 6.54 Å². The summed E-state index contributed by atoms with van der Waals surface area (Å²) in [5.41, 5.74) is 1.08. The van der Waals surface area contributed by atoms with Crippen molar-refractivity contribution in [3.63, 3.8) is 0 Å². The van der Waals surface area contributed by atoms with Crippen LogP contribution < -0.4 is 0 Å². The highest BCUT2D eigenvalue weighted by Crippen LogP contribution is 2.37. The highest BCUT2D eigenvalue weighted by Gasteiger charge is 2.37. The van der Waals surface area contributed by atoms with Crippen LogP contribution in [0.3, 0.4) is 0 Å². The summed E-state index contributed by atoms with van der Waals surface area (Å²) in [4.78, 5) is 8.00. The van der Waals surface area contributed by atoms with Gasteiger partial charge in [-0.25, -0.2) is 0 Å². The molecule has 3 nitrogen and oxygen atoms in total. The van der Waals surface area contributed by atoms with Crippen molar-refractivity contribution >= 4 is 16.2 Å². The number of carbonyl (C=O) groups excluding carboxylic acids is 1. The van der Waals surface area contributed by atoms with E-state index < -0.39 is 0 Å². The minimum Gasteiger partial charge on any atom is -0.351 e. The van der Waals surface area contributed by atoms with Gasteiger partial charge < -0.3 is 9.53 Å². The van der Waals surface area contributed by atoms with Crippen LogP contribution in [0.1, 0.15) is 25.5 Å². The summed E-state index contributed by atoms with van der Waals surface area (Å²) in [7, 11) is 2.72. The SMILES string of the molecule is C=O.CC1(C)OC(c2ccccc2)CN1P. The molecule has 2 atom stereocenters. The number of hydrogen-bond acceptors (Lipinski definition) is 3. The molecule has 2 unspecified atom stereocenters. The van der Waals surface area contributed by atoms with Crippen molar-refractivity contribution in [2.75, 3.05) is 6.54 Å². The summed E-state index contributed by atoms with van der Waals surface area (Å²) in [6.07, 6.45) is 0.198. The fraction of sp³-hybridized carbons (Fsp3) is 0.417. The smallest absolute Gasteiger partial charge is 0.119 e. The zero-order valence-corrected chi connectivity index (χ0v) is 10.9. The van der Waals surface area contributed by atoms with Crippen LogP contribution in [0.25, 0.3) is 0 Å². The van der Waals surface area contributed by atoms with Gasteiger partial charge in [0.1, 0.15) is 12.5 Å². The van der Waals surface area contributed by atoms with Gasteiger partial charge in [-0.15, -0.1) is 0 Å². The number of rotatable bonds is 1. The van der Waals surface area contributed by atoms with E-state index in [9.17, 15) is 0 Å². The van der Waals surface area contributed by atoms with Gasteiger partial charge in [0.15, 0.2) is 0 Å². The molecule has 1 aliphatic rings. The van der Waals surface area contributed by atoms with Gasteiger partial charge in [-0.3, -0.25) is 4.67 Å². The third-order valence-corrected chi connectivity index (χ3v) is 3.49. The molecule has 0 spiro atoms. The van der Waals surface area contributed by atoms with Gasteiger partial charge in [0.2, 0.25) is 0 Å². The molecule has 1 aliphatic heterocycles. The van der Waals surface area contributed by atoms with E-state index in [0.717, 1.165) is 6.54 Å². The van der Waals surface area contributed by atoms with Gasteiger partial charge in [-0.2, -0.15) is 0 Å². The van der Waals surface area contributed by atoms with Gasteiger partial charge in [0.25, 0.3) is 0 Å². The average molecular weight is 239 g/mol. The molecule has 0 radical (unpaired) electrons. The summed E-state index contributed by atoms with van der Waals surface area (Å²) >= 11 is 0. The minimum atomic E-state index is -0.175. The van der Waals surface area contributed by atoms with E-state index in [2.05, 4.69) is 52.2 Å². The van der Waals surface area contributed by atoms with Crippen LogP contribution in [-0.2, 0) is 9.53 Å². The quantitative estimate of drug-likeness (QED) is 0.705. The molecule has 0 amide bonds. The minimum absolute atomic E-state index is 0.175. The maximum Gasteiger partial charge on any atom is 0.119 e. The molecular formula is C12H18NO2P. The van der Waals surface area contributed by atoms with Crippen LogP contribution >= 0.6 is 9.39 Å². The summed E-state index contributed by atoms with van der Waals surface area (Å²) in [6, 6.07) is 10.4. The fourth-order valence-electron chi connectivity index (χ4n) is 1.69. The molecule has 0 N–H and O–H groups in total. The van der Waals surface area contributed by atoms with Crippen LogP contribution in [0.2, 0.25) is 0 Å². The zero-order valence-electron chi connectivity index (χ0n) is 9.72. The molecule has 1 heterocycles. The van der Waals surface area contributed by atoms with E-state index in [1.165, 1.54) is 5.56 Å². The summed E-state index contributed by atoms with van der Waals surface area (Å²) in [5, 5.41) is 0. The lowest BCUT2D eigenvalue weighted by Crippen LogP contribution is -2.31. The molecule has 88 valence electrons. The Morgan fingerprint density at radius 1 is 1.38 bits per heavy atom. The predicted octanol–water partition coefficient (Wildman–Crippen LogP) is 2.40. The third-order valence-electron chi connectivity index (χ3n) is 2.66. The first-order chi connectivity index (χ1) is 7.59. The number of benzene rings is 1. The molecule has 0 aromatic heterocycles. The second kappa shape index (κ2) is 5.53. The van der Waals surface area contributed by atoms with Crippen LogP contribution in [0.5, 0.6) is 0 Å². The Labute approximate surface area is 99.0 Å². The fourth-order valence-corrected chi connectivity index (χ4v) is 1.95. The predicted molar refractivity (Wildman–Crippen MR) is 67.9 cm³/mol. The van der Waals surface area contributed by atoms with E-state index in [-0.39, 0.29) is 11.8 Å². The molecule has 1 fully saturated rings. The lowest BCUT2D eigenvalue weighted by molar-refractivity contribution is -0.0980. The molecule has 0 aliphatic carbocycles. The molecule has 4 heteroatoms. The van der Waals surface area contributed by atoms with Gasteiger partial charge in [0.05, 0.1) is 6.10 Å². The highest BCUT2D eigenvalue weighted by atomic mass is 31.0. The lowest BCUT2D eigenvalue weighted by Gasteiger charge is -2.25. The number of nitrogens with zero attached hydrogens (tertiary/aromatic N) is 1.